The number of ether oxygens (including phenoxy) is 1. The summed E-state index contributed by atoms with van der Waals surface area (Å²) in [6.45, 7) is 3.08. The Balaban J connectivity index is 2.92. The number of hydrogen-bond acceptors (Lipinski definition) is 2. The molecule has 1 aromatic carbocycles. The number of benzene rings is 1. The lowest BCUT2D eigenvalue weighted by Crippen LogP contribution is -2.38. The molecule has 0 saturated heterocycles. The zero-order valence-electron chi connectivity index (χ0n) is 9.37. The average molecular weight is 287 g/mol. The zero-order chi connectivity index (χ0) is 12.2. The van der Waals surface area contributed by atoms with Gasteiger partial charge in [0.1, 0.15) is 5.75 Å². The summed E-state index contributed by atoms with van der Waals surface area (Å²) in [5.41, 5.74) is -0.198. The number of alkyl halides is 1. The smallest absolute Gasteiger partial charge is 0.347 e. The summed E-state index contributed by atoms with van der Waals surface area (Å²) in [5, 5.41) is 9.81. The number of carboxylic acids is 1. The van der Waals surface area contributed by atoms with Crippen molar-refractivity contribution in [1.29, 1.82) is 0 Å². The van der Waals surface area contributed by atoms with Crippen molar-refractivity contribution >= 4 is 21.9 Å². The van der Waals surface area contributed by atoms with Crippen LogP contribution in [-0.4, -0.2) is 22.0 Å². The van der Waals surface area contributed by atoms with Crippen LogP contribution in [0.4, 0.5) is 0 Å². The minimum Gasteiger partial charge on any atom is -0.478 e. The molecule has 0 heterocycles. The summed E-state index contributed by atoms with van der Waals surface area (Å²) in [6.07, 6.45) is 0.811. The fraction of sp³-hybridized carbons (Fsp3) is 0.417. The molecule has 1 N–H and O–H groups in total. The van der Waals surface area contributed by atoms with Crippen molar-refractivity contribution in [2.24, 2.45) is 0 Å². The molecule has 0 radical (unpaired) electrons. The van der Waals surface area contributed by atoms with E-state index in [1.807, 2.05) is 18.2 Å². The summed E-state index contributed by atoms with van der Waals surface area (Å²) < 4.78 is 5.53. The second kappa shape index (κ2) is 5.34. The molecule has 0 fully saturated rings. The molecule has 0 amide bonds. The summed E-state index contributed by atoms with van der Waals surface area (Å²) in [6, 6.07) is 7.49. The van der Waals surface area contributed by atoms with Gasteiger partial charge in [-0.25, -0.2) is 4.79 Å². The van der Waals surface area contributed by atoms with Gasteiger partial charge < -0.3 is 9.84 Å². The maximum absolute atomic E-state index is 11.0. The zero-order valence-corrected chi connectivity index (χ0v) is 11.0. The van der Waals surface area contributed by atoms with Crippen LogP contribution in [0.1, 0.15) is 19.4 Å². The molecule has 0 aliphatic rings. The van der Waals surface area contributed by atoms with E-state index in [0.717, 1.165) is 17.3 Å². The van der Waals surface area contributed by atoms with Crippen LogP contribution in [0.25, 0.3) is 0 Å². The lowest BCUT2D eigenvalue weighted by atomic mass is 10.1. The van der Waals surface area contributed by atoms with Crippen molar-refractivity contribution in [2.45, 2.75) is 25.9 Å². The molecular formula is C12H15BrO3. The van der Waals surface area contributed by atoms with Crippen LogP contribution in [0.2, 0.25) is 0 Å². The Hall–Kier alpha value is -1.03. The Labute approximate surface area is 104 Å². The van der Waals surface area contributed by atoms with Gasteiger partial charge in [0.15, 0.2) is 5.60 Å². The number of carboxylic acid groups (broad SMARTS) is 1. The second-order valence-electron chi connectivity index (χ2n) is 3.96. The first-order valence-electron chi connectivity index (χ1n) is 5.03. The van der Waals surface area contributed by atoms with E-state index < -0.39 is 11.6 Å². The standard InChI is InChI=1S/C12H15BrO3/c1-12(2,11(14)15)16-10-6-4-3-5-9(10)7-8-13/h3-6H,7-8H2,1-2H3,(H,14,15). The maximum atomic E-state index is 11.0. The third kappa shape index (κ3) is 3.23. The van der Waals surface area contributed by atoms with E-state index in [-0.39, 0.29) is 0 Å². The highest BCUT2D eigenvalue weighted by Crippen LogP contribution is 2.24. The SMILES string of the molecule is CC(C)(Oc1ccccc1CCBr)C(=O)O. The lowest BCUT2D eigenvalue weighted by molar-refractivity contribution is -0.152. The average Bonchev–Trinajstić information content (AvgIpc) is 2.20. The molecule has 0 spiro atoms. The number of para-hydroxylation sites is 1. The predicted molar refractivity (Wildman–Crippen MR) is 66.3 cm³/mol. The highest BCUT2D eigenvalue weighted by molar-refractivity contribution is 9.09. The number of halogens is 1. The van der Waals surface area contributed by atoms with Crippen LogP contribution in [-0.2, 0) is 11.2 Å². The van der Waals surface area contributed by atoms with E-state index in [1.54, 1.807) is 19.9 Å². The first-order chi connectivity index (χ1) is 7.47. The van der Waals surface area contributed by atoms with Crippen LogP contribution in [0.15, 0.2) is 24.3 Å². The molecule has 4 heteroatoms. The van der Waals surface area contributed by atoms with Crippen LogP contribution in [0.3, 0.4) is 0 Å². The molecule has 0 aliphatic carbocycles. The third-order valence-corrected chi connectivity index (χ3v) is 2.61. The molecule has 1 aromatic rings. The van der Waals surface area contributed by atoms with Crippen molar-refractivity contribution in [2.75, 3.05) is 5.33 Å². The minimum absolute atomic E-state index is 0.634. The largest absolute Gasteiger partial charge is 0.478 e. The van der Waals surface area contributed by atoms with E-state index in [4.69, 9.17) is 9.84 Å². The summed E-state index contributed by atoms with van der Waals surface area (Å²) >= 11 is 3.36. The maximum Gasteiger partial charge on any atom is 0.347 e. The molecule has 88 valence electrons. The summed E-state index contributed by atoms with van der Waals surface area (Å²) in [4.78, 5) is 11.0. The molecule has 0 saturated carbocycles. The van der Waals surface area contributed by atoms with E-state index in [2.05, 4.69) is 15.9 Å². The van der Waals surface area contributed by atoms with E-state index in [0.29, 0.717) is 5.75 Å². The van der Waals surface area contributed by atoms with Crippen molar-refractivity contribution in [3.63, 3.8) is 0 Å². The van der Waals surface area contributed by atoms with Gasteiger partial charge in [0.25, 0.3) is 0 Å². The number of aryl methyl sites for hydroxylation is 1. The highest BCUT2D eigenvalue weighted by atomic mass is 79.9. The molecule has 0 aliphatic heterocycles. The van der Waals surface area contributed by atoms with Crippen LogP contribution < -0.4 is 4.74 Å². The molecular weight excluding hydrogens is 272 g/mol. The third-order valence-electron chi connectivity index (χ3n) is 2.22. The number of rotatable bonds is 5. The van der Waals surface area contributed by atoms with Gasteiger partial charge in [-0.05, 0) is 31.9 Å². The second-order valence-corrected chi connectivity index (χ2v) is 4.76. The lowest BCUT2D eigenvalue weighted by Gasteiger charge is -2.23. The van der Waals surface area contributed by atoms with E-state index in [1.165, 1.54) is 0 Å². The normalized spacial score (nSPS) is 11.2. The Morgan fingerprint density at radius 1 is 1.44 bits per heavy atom. The number of carbonyl (C=O) groups is 1. The molecule has 0 bridgehead atoms. The topological polar surface area (TPSA) is 46.5 Å². The van der Waals surface area contributed by atoms with E-state index in [9.17, 15) is 4.79 Å². The van der Waals surface area contributed by atoms with Gasteiger partial charge in [-0.1, -0.05) is 34.1 Å². The fourth-order valence-corrected chi connectivity index (χ4v) is 1.66. The van der Waals surface area contributed by atoms with Crippen molar-refractivity contribution in [1.82, 2.24) is 0 Å². The molecule has 0 aromatic heterocycles. The predicted octanol–water partition coefficient (Wildman–Crippen LogP) is 2.87. The highest BCUT2D eigenvalue weighted by Gasteiger charge is 2.29. The van der Waals surface area contributed by atoms with Gasteiger partial charge in [-0.3, -0.25) is 0 Å². The van der Waals surface area contributed by atoms with Crippen molar-refractivity contribution in [3.8, 4) is 5.75 Å². The van der Waals surface area contributed by atoms with Gasteiger partial charge in [-0.2, -0.15) is 0 Å². The molecule has 0 unspecified atom stereocenters. The van der Waals surface area contributed by atoms with Gasteiger partial charge in [-0.15, -0.1) is 0 Å². The Kier molecular flexibility index (Phi) is 4.35. The molecule has 0 atom stereocenters. The summed E-state index contributed by atoms with van der Waals surface area (Å²) in [5.74, 6) is -0.338. The first-order valence-corrected chi connectivity index (χ1v) is 6.16. The summed E-state index contributed by atoms with van der Waals surface area (Å²) in [7, 11) is 0. The Bertz CT molecular complexity index is 374. The van der Waals surface area contributed by atoms with E-state index >= 15 is 0 Å². The molecule has 3 nitrogen and oxygen atoms in total. The van der Waals surface area contributed by atoms with Crippen LogP contribution >= 0.6 is 15.9 Å². The number of hydrogen-bond donors (Lipinski definition) is 1. The van der Waals surface area contributed by atoms with Crippen LogP contribution in [0, 0.1) is 0 Å². The first kappa shape index (κ1) is 13.0. The quantitative estimate of drug-likeness (QED) is 0.847. The molecule has 16 heavy (non-hydrogen) atoms. The van der Waals surface area contributed by atoms with Gasteiger partial charge >= 0.3 is 5.97 Å². The Morgan fingerprint density at radius 3 is 2.62 bits per heavy atom. The van der Waals surface area contributed by atoms with Gasteiger partial charge in [0, 0.05) is 5.33 Å². The van der Waals surface area contributed by atoms with Crippen molar-refractivity contribution in [3.05, 3.63) is 29.8 Å². The fourth-order valence-electron chi connectivity index (χ4n) is 1.23. The van der Waals surface area contributed by atoms with Crippen LogP contribution in [0.5, 0.6) is 5.75 Å². The monoisotopic (exact) mass is 286 g/mol. The Morgan fingerprint density at radius 2 is 2.06 bits per heavy atom. The van der Waals surface area contributed by atoms with Gasteiger partial charge in [0.2, 0.25) is 0 Å². The molecule has 1 rings (SSSR count). The number of aliphatic carboxylic acids is 1. The minimum atomic E-state index is -1.21. The van der Waals surface area contributed by atoms with Crippen molar-refractivity contribution < 1.29 is 14.6 Å². The van der Waals surface area contributed by atoms with Gasteiger partial charge in [0.05, 0.1) is 0 Å².